The van der Waals surface area contributed by atoms with Gasteiger partial charge in [-0.3, -0.25) is 9.91 Å². The van der Waals surface area contributed by atoms with Gasteiger partial charge >= 0.3 is 0 Å². The molecule has 0 spiro atoms. The molecule has 0 bridgehead atoms. The van der Waals surface area contributed by atoms with Crippen LogP contribution >= 0.6 is 0 Å². The van der Waals surface area contributed by atoms with Crippen LogP contribution in [0.15, 0.2) is 58.9 Å². The molecule has 32 heavy (non-hydrogen) atoms. The molecule has 1 aromatic carbocycles. The summed E-state index contributed by atoms with van der Waals surface area (Å²) in [6.45, 7) is 11.9. The molecule has 2 rings (SSSR count). The van der Waals surface area contributed by atoms with Crippen molar-refractivity contribution in [1.82, 2.24) is 9.91 Å². The number of nitrogens with zero attached hydrogens (tertiary/aromatic N) is 5. The summed E-state index contributed by atoms with van der Waals surface area (Å²) in [7, 11) is 1.98. The Morgan fingerprint density at radius 2 is 2.09 bits per heavy atom. The maximum Gasteiger partial charge on any atom is 0.123 e. The van der Waals surface area contributed by atoms with Crippen molar-refractivity contribution < 1.29 is 0 Å². The van der Waals surface area contributed by atoms with Gasteiger partial charge in [-0.15, -0.1) is 6.58 Å². The van der Waals surface area contributed by atoms with Gasteiger partial charge in [0.05, 0.1) is 11.6 Å². The highest BCUT2D eigenvalue weighted by molar-refractivity contribution is 5.50. The van der Waals surface area contributed by atoms with E-state index < -0.39 is 0 Å². The lowest BCUT2D eigenvalue weighted by atomic mass is 9.94. The molecule has 2 atom stereocenters. The molecule has 0 amide bonds. The summed E-state index contributed by atoms with van der Waals surface area (Å²) in [5.41, 5.74) is 2.88. The van der Waals surface area contributed by atoms with E-state index in [1.54, 1.807) is 0 Å². The number of hydrogen-bond donors (Lipinski definition) is 1. The number of nitriles is 1. The van der Waals surface area contributed by atoms with E-state index in [1.165, 1.54) is 37.7 Å². The maximum absolute atomic E-state index is 9.16. The van der Waals surface area contributed by atoms with E-state index in [9.17, 15) is 0 Å². The van der Waals surface area contributed by atoms with E-state index in [0.29, 0.717) is 11.6 Å². The first-order valence-electron chi connectivity index (χ1n) is 11.9. The van der Waals surface area contributed by atoms with Gasteiger partial charge in [-0.1, -0.05) is 48.3 Å². The lowest BCUT2D eigenvalue weighted by molar-refractivity contribution is 0.121. The second-order valence-electron chi connectivity index (χ2n) is 8.71. The summed E-state index contributed by atoms with van der Waals surface area (Å²) in [5.74, 6) is 0. The van der Waals surface area contributed by atoms with Crippen molar-refractivity contribution in [2.24, 2.45) is 10.3 Å². The molecular weight excluding hydrogens is 396 g/mol. The van der Waals surface area contributed by atoms with Crippen LogP contribution in [-0.2, 0) is 0 Å². The molecule has 1 saturated carbocycles. The Hall–Kier alpha value is -2.65. The summed E-state index contributed by atoms with van der Waals surface area (Å²) in [6, 6.07) is 10.6. The Bertz CT molecular complexity index is 803. The van der Waals surface area contributed by atoms with Crippen molar-refractivity contribution in [1.29, 1.82) is 5.26 Å². The zero-order chi connectivity index (χ0) is 23.3. The molecule has 6 nitrogen and oxygen atoms in total. The summed E-state index contributed by atoms with van der Waals surface area (Å²) in [5, 5.41) is 23.8. The molecular formula is C26H40N6. The summed E-state index contributed by atoms with van der Waals surface area (Å²) >= 11 is 0. The average Bonchev–Trinajstić information content (AvgIpc) is 2.83. The number of benzene rings is 1. The Labute approximate surface area is 194 Å². The number of rotatable bonds is 12. The van der Waals surface area contributed by atoms with Gasteiger partial charge in [0.1, 0.15) is 6.17 Å². The number of allylic oxidation sites excluding steroid dienone is 1. The largest absolute Gasteiger partial charge is 0.378 e. The highest BCUT2D eigenvalue weighted by Crippen LogP contribution is 2.24. The molecule has 1 aliphatic rings. The molecule has 0 aliphatic heterocycles. The third-order valence-electron chi connectivity index (χ3n) is 6.31. The van der Waals surface area contributed by atoms with E-state index in [2.05, 4.69) is 60.0 Å². The van der Waals surface area contributed by atoms with Gasteiger partial charge in [0.15, 0.2) is 0 Å². The van der Waals surface area contributed by atoms with Gasteiger partial charge < -0.3 is 5.32 Å². The van der Waals surface area contributed by atoms with Crippen molar-refractivity contribution in [3.8, 4) is 6.07 Å². The van der Waals surface area contributed by atoms with E-state index in [4.69, 9.17) is 5.26 Å². The Morgan fingerprint density at radius 3 is 2.75 bits per heavy atom. The fraction of sp³-hybridized carbons (Fsp3) is 0.577. The Morgan fingerprint density at radius 1 is 1.34 bits per heavy atom. The van der Waals surface area contributed by atoms with Crippen LogP contribution in [0.4, 0.5) is 5.69 Å². The molecule has 1 aromatic rings. The van der Waals surface area contributed by atoms with Gasteiger partial charge in [0, 0.05) is 37.9 Å². The van der Waals surface area contributed by atoms with Crippen LogP contribution in [0.25, 0.3) is 0 Å². The molecule has 0 aromatic heterocycles. The van der Waals surface area contributed by atoms with Gasteiger partial charge in [-0.2, -0.15) is 10.4 Å². The van der Waals surface area contributed by atoms with Crippen LogP contribution in [0.5, 0.6) is 0 Å². The molecule has 2 unspecified atom stereocenters. The van der Waals surface area contributed by atoms with E-state index in [1.807, 2.05) is 42.4 Å². The summed E-state index contributed by atoms with van der Waals surface area (Å²) in [4.78, 5) is 2.43. The van der Waals surface area contributed by atoms with Gasteiger partial charge in [-0.25, -0.2) is 0 Å². The minimum atomic E-state index is 0.0402. The van der Waals surface area contributed by atoms with Crippen LogP contribution in [0.2, 0.25) is 0 Å². The van der Waals surface area contributed by atoms with Crippen LogP contribution in [0.1, 0.15) is 64.9 Å². The third-order valence-corrected chi connectivity index (χ3v) is 6.31. The van der Waals surface area contributed by atoms with Crippen molar-refractivity contribution >= 4 is 5.69 Å². The zero-order valence-corrected chi connectivity index (χ0v) is 20.3. The van der Waals surface area contributed by atoms with E-state index in [-0.39, 0.29) is 12.2 Å². The van der Waals surface area contributed by atoms with Crippen LogP contribution in [-0.4, -0.2) is 48.3 Å². The van der Waals surface area contributed by atoms with Crippen LogP contribution < -0.4 is 5.32 Å². The fourth-order valence-electron chi connectivity index (χ4n) is 4.25. The Balaban J connectivity index is 1.94. The SMILES string of the molecule is C=CCN(C1CCCCC1)C(C)/N=N\N(C)CCC(Nc1cccc(C#N)c1)/C(C)=C/C. The molecule has 6 heteroatoms. The molecule has 0 heterocycles. The summed E-state index contributed by atoms with van der Waals surface area (Å²) < 4.78 is 0. The average molecular weight is 437 g/mol. The first-order valence-corrected chi connectivity index (χ1v) is 11.9. The predicted octanol–water partition coefficient (Wildman–Crippen LogP) is 6.16. The van der Waals surface area contributed by atoms with Gasteiger partial charge in [-0.05, 0) is 58.2 Å². The minimum Gasteiger partial charge on any atom is -0.378 e. The van der Waals surface area contributed by atoms with E-state index in [0.717, 1.165) is 25.2 Å². The smallest absolute Gasteiger partial charge is 0.123 e. The van der Waals surface area contributed by atoms with Crippen molar-refractivity contribution in [2.45, 2.75) is 77.5 Å². The zero-order valence-electron chi connectivity index (χ0n) is 20.3. The standard InChI is InChI=1S/C26H40N6/c1-6-17-32(25-14-9-8-10-15-25)22(4)29-30-31(5)18-16-26(21(3)7-2)28-24-13-11-12-23(19-24)20-27/h6-7,11-13,19,22,25-26,28H,1,8-10,14-18H2,2-5H3/b21-7+,30-29-. The van der Waals surface area contributed by atoms with Crippen molar-refractivity contribution in [2.75, 3.05) is 25.5 Å². The fourth-order valence-corrected chi connectivity index (χ4v) is 4.25. The van der Waals surface area contributed by atoms with Crippen LogP contribution in [0, 0.1) is 11.3 Å². The number of nitrogens with one attached hydrogen (secondary N) is 1. The quantitative estimate of drug-likeness (QED) is 0.242. The number of hydrogen-bond acceptors (Lipinski definition) is 5. The Kier molecular flexibility index (Phi) is 11.0. The lowest BCUT2D eigenvalue weighted by Crippen LogP contribution is -2.42. The second kappa shape index (κ2) is 13.7. The third kappa shape index (κ3) is 8.12. The maximum atomic E-state index is 9.16. The normalized spacial score (nSPS) is 17.2. The molecule has 0 radical (unpaired) electrons. The predicted molar refractivity (Wildman–Crippen MR) is 133 cm³/mol. The highest BCUT2D eigenvalue weighted by atomic mass is 15.5. The lowest BCUT2D eigenvalue weighted by Gasteiger charge is -2.35. The monoisotopic (exact) mass is 436 g/mol. The summed E-state index contributed by atoms with van der Waals surface area (Å²) in [6.07, 6.45) is 11.5. The van der Waals surface area contributed by atoms with E-state index >= 15 is 0 Å². The first kappa shape index (κ1) is 25.6. The van der Waals surface area contributed by atoms with Gasteiger partial charge in [0.2, 0.25) is 0 Å². The number of anilines is 1. The van der Waals surface area contributed by atoms with Crippen molar-refractivity contribution in [3.63, 3.8) is 0 Å². The molecule has 0 saturated heterocycles. The molecule has 1 fully saturated rings. The van der Waals surface area contributed by atoms with Crippen molar-refractivity contribution in [3.05, 3.63) is 54.1 Å². The highest BCUT2D eigenvalue weighted by Gasteiger charge is 2.24. The second-order valence-corrected chi connectivity index (χ2v) is 8.71. The van der Waals surface area contributed by atoms with Crippen LogP contribution in [0.3, 0.4) is 0 Å². The first-order chi connectivity index (χ1) is 15.5. The molecule has 1 aliphatic carbocycles. The molecule has 174 valence electrons. The van der Waals surface area contributed by atoms with Gasteiger partial charge in [0.25, 0.3) is 0 Å². The topological polar surface area (TPSA) is 67.0 Å². The minimum absolute atomic E-state index is 0.0402. The molecule has 1 N–H and O–H groups in total.